The minimum Gasteiger partial charge on any atom is -0.492 e. The number of hydrogen-bond acceptors (Lipinski definition) is 7. The quantitative estimate of drug-likeness (QED) is 0.426. The van der Waals surface area contributed by atoms with E-state index in [4.69, 9.17) is 14.2 Å². The van der Waals surface area contributed by atoms with Crippen molar-refractivity contribution in [3.63, 3.8) is 0 Å². The van der Waals surface area contributed by atoms with Gasteiger partial charge in [-0.2, -0.15) is 0 Å². The molecule has 3 rings (SSSR count). The summed E-state index contributed by atoms with van der Waals surface area (Å²) in [4.78, 5) is 16.9. The Morgan fingerprint density at radius 3 is 2.20 bits per heavy atom. The highest BCUT2D eigenvalue weighted by Crippen LogP contribution is 2.31. The summed E-state index contributed by atoms with van der Waals surface area (Å²) in [6, 6.07) is 13.1. The zero-order valence-electron chi connectivity index (χ0n) is 20.1. The summed E-state index contributed by atoms with van der Waals surface area (Å²) in [5, 5.41) is 2.74. The largest absolute Gasteiger partial charge is 0.492 e. The van der Waals surface area contributed by atoms with E-state index < -0.39 is 15.9 Å². The maximum Gasteiger partial charge on any atom is 0.255 e. The molecule has 1 heterocycles. The van der Waals surface area contributed by atoms with Crippen LogP contribution in [-0.4, -0.2) is 50.9 Å². The number of sulfonamides is 1. The first kappa shape index (κ1) is 26.0. The Morgan fingerprint density at radius 2 is 1.54 bits per heavy atom. The van der Waals surface area contributed by atoms with Gasteiger partial charge in [-0.05, 0) is 67.9 Å². The number of hydrogen-bond donors (Lipinski definition) is 1. The number of pyridine rings is 1. The molecule has 0 aliphatic carbocycles. The number of ether oxygens (including phenoxy) is 3. The van der Waals surface area contributed by atoms with E-state index in [2.05, 4.69) is 10.3 Å². The van der Waals surface area contributed by atoms with Crippen molar-refractivity contribution in [2.45, 2.75) is 25.3 Å². The van der Waals surface area contributed by atoms with Crippen molar-refractivity contribution in [1.29, 1.82) is 0 Å². The van der Waals surface area contributed by atoms with E-state index in [1.165, 1.54) is 26.2 Å². The normalized spacial score (nSPS) is 11.2. The molecule has 2 aromatic carbocycles. The fraction of sp³-hybridized carbons (Fsp3) is 0.280. The van der Waals surface area contributed by atoms with Crippen LogP contribution in [-0.2, 0) is 16.6 Å². The van der Waals surface area contributed by atoms with Crippen LogP contribution in [0.15, 0.2) is 65.8 Å². The Morgan fingerprint density at radius 1 is 0.886 bits per heavy atom. The Bertz CT molecular complexity index is 1260. The van der Waals surface area contributed by atoms with Crippen molar-refractivity contribution in [2.75, 3.05) is 32.6 Å². The van der Waals surface area contributed by atoms with Gasteiger partial charge in [0.25, 0.3) is 5.91 Å². The van der Waals surface area contributed by atoms with Crippen LogP contribution in [0, 0.1) is 0 Å². The van der Waals surface area contributed by atoms with Gasteiger partial charge in [-0.15, -0.1) is 0 Å². The zero-order chi connectivity index (χ0) is 25.4. The molecule has 0 spiro atoms. The number of benzene rings is 2. The molecule has 1 N–H and O–H groups in total. The zero-order valence-corrected chi connectivity index (χ0v) is 21.0. The lowest BCUT2D eigenvalue weighted by atomic mass is 10.1. The van der Waals surface area contributed by atoms with Crippen LogP contribution in [0.4, 0.5) is 5.69 Å². The van der Waals surface area contributed by atoms with E-state index in [0.717, 1.165) is 9.87 Å². The van der Waals surface area contributed by atoms with Crippen molar-refractivity contribution in [1.82, 2.24) is 9.29 Å². The first-order chi connectivity index (χ1) is 16.8. The van der Waals surface area contributed by atoms with Gasteiger partial charge in [-0.1, -0.05) is 0 Å². The van der Waals surface area contributed by atoms with Crippen LogP contribution in [0.5, 0.6) is 17.2 Å². The molecular weight excluding hydrogens is 470 g/mol. The predicted molar refractivity (Wildman–Crippen MR) is 133 cm³/mol. The first-order valence-electron chi connectivity index (χ1n) is 11.1. The second kappa shape index (κ2) is 11.7. The number of rotatable bonds is 11. The van der Waals surface area contributed by atoms with Gasteiger partial charge in [0.15, 0.2) is 11.5 Å². The fourth-order valence-corrected chi connectivity index (χ4v) is 4.19. The third kappa shape index (κ3) is 6.49. The Labute approximate surface area is 205 Å². The summed E-state index contributed by atoms with van der Waals surface area (Å²) in [7, 11) is -0.916. The molecule has 0 unspecified atom stereocenters. The molecule has 35 heavy (non-hydrogen) atoms. The second-order valence-electron chi connectivity index (χ2n) is 7.57. The number of carbonyl (C=O) groups excluding carboxylic acids is 1. The summed E-state index contributed by atoms with van der Waals surface area (Å²) in [5.41, 5.74) is 1.59. The molecule has 0 radical (unpaired) electrons. The summed E-state index contributed by atoms with van der Waals surface area (Å²) in [6.45, 7) is 4.62. The highest BCUT2D eigenvalue weighted by molar-refractivity contribution is 7.89. The molecule has 0 fully saturated rings. The Balaban J connectivity index is 1.83. The summed E-state index contributed by atoms with van der Waals surface area (Å²) < 4.78 is 43.6. The van der Waals surface area contributed by atoms with E-state index >= 15 is 0 Å². The topological polar surface area (TPSA) is 107 Å². The van der Waals surface area contributed by atoms with Crippen molar-refractivity contribution >= 4 is 21.6 Å². The van der Waals surface area contributed by atoms with E-state index in [0.29, 0.717) is 42.6 Å². The van der Waals surface area contributed by atoms with Gasteiger partial charge >= 0.3 is 0 Å². The van der Waals surface area contributed by atoms with Crippen LogP contribution >= 0.6 is 0 Å². The maximum atomic E-state index is 13.0. The summed E-state index contributed by atoms with van der Waals surface area (Å²) >= 11 is 0. The number of nitrogens with one attached hydrogen (secondary N) is 1. The molecule has 0 aliphatic rings. The number of nitrogens with zero attached hydrogens (tertiary/aromatic N) is 2. The lowest BCUT2D eigenvalue weighted by molar-refractivity contribution is 0.102. The van der Waals surface area contributed by atoms with Crippen LogP contribution in [0.1, 0.15) is 29.8 Å². The minimum atomic E-state index is -3.79. The lowest BCUT2D eigenvalue weighted by Crippen LogP contribution is -2.23. The third-order valence-corrected chi connectivity index (χ3v) is 6.75. The number of anilines is 1. The van der Waals surface area contributed by atoms with Crippen molar-refractivity contribution in [2.24, 2.45) is 0 Å². The molecule has 3 aromatic rings. The molecule has 0 saturated carbocycles. The van der Waals surface area contributed by atoms with Gasteiger partial charge in [0.1, 0.15) is 17.3 Å². The maximum absolute atomic E-state index is 13.0. The van der Waals surface area contributed by atoms with Crippen molar-refractivity contribution in [3.05, 3.63) is 72.1 Å². The van der Waals surface area contributed by atoms with E-state index in [1.807, 2.05) is 19.1 Å². The molecule has 1 aromatic heterocycles. The number of amides is 1. The van der Waals surface area contributed by atoms with Gasteiger partial charge in [0, 0.05) is 37.7 Å². The molecule has 10 heteroatoms. The summed E-state index contributed by atoms with van der Waals surface area (Å²) in [5.74, 6) is 0.718. The SMILES string of the molecule is CCOc1cc(C(=O)Nc2ccc(OCC)c(S(=O)(=O)N(C)C)c2)ccc1OCc1ccncc1. The van der Waals surface area contributed by atoms with Crippen molar-refractivity contribution in [3.8, 4) is 17.2 Å². The van der Waals surface area contributed by atoms with Gasteiger partial charge < -0.3 is 19.5 Å². The second-order valence-corrected chi connectivity index (χ2v) is 9.69. The average molecular weight is 500 g/mol. The van der Waals surface area contributed by atoms with Gasteiger partial charge in [0.05, 0.1) is 13.2 Å². The van der Waals surface area contributed by atoms with Crippen LogP contribution < -0.4 is 19.5 Å². The average Bonchev–Trinajstić information content (AvgIpc) is 2.85. The van der Waals surface area contributed by atoms with Gasteiger partial charge in [-0.3, -0.25) is 9.78 Å². The highest BCUT2D eigenvalue weighted by atomic mass is 32.2. The Kier molecular flexibility index (Phi) is 8.67. The lowest BCUT2D eigenvalue weighted by Gasteiger charge is -2.17. The van der Waals surface area contributed by atoms with E-state index in [9.17, 15) is 13.2 Å². The van der Waals surface area contributed by atoms with E-state index in [1.54, 1.807) is 43.6 Å². The van der Waals surface area contributed by atoms with E-state index in [-0.39, 0.29) is 10.6 Å². The van der Waals surface area contributed by atoms with Crippen LogP contribution in [0.2, 0.25) is 0 Å². The first-order valence-corrected chi connectivity index (χ1v) is 12.5. The van der Waals surface area contributed by atoms with Crippen LogP contribution in [0.25, 0.3) is 0 Å². The highest BCUT2D eigenvalue weighted by Gasteiger charge is 2.23. The third-order valence-electron chi connectivity index (χ3n) is 4.91. The molecule has 0 aliphatic heterocycles. The number of carbonyl (C=O) groups is 1. The standard InChI is InChI=1S/C25H29N3O6S/c1-5-32-22-10-8-20(16-24(22)35(30,31)28(3)4)27-25(29)19-7-9-21(23(15-19)33-6-2)34-17-18-11-13-26-14-12-18/h7-16H,5-6,17H2,1-4H3,(H,27,29). The minimum absolute atomic E-state index is 0.0305. The summed E-state index contributed by atoms with van der Waals surface area (Å²) in [6.07, 6.45) is 3.37. The van der Waals surface area contributed by atoms with Gasteiger partial charge in [0.2, 0.25) is 10.0 Å². The monoisotopic (exact) mass is 499 g/mol. The molecular formula is C25H29N3O6S. The number of aromatic nitrogens is 1. The van der Waals surface area contributed by atoms with Crippen molar-refractivity contribution < 1.29 is 27.4 Å². The predicted octanol–water partition coefficient (Wildman–Crippen LogP) is 3.96. The molecule has 0 bridgehead atoms. The smallest absolute Gasteiger partial charge is 0.255 e. The fourth-order valence-electron chi connectivity index (χ4n) is 3.14. The van der Waals surface area contributed by atoms with Crippen LogP contribution in [0.3, 0.4) is 0 Å². The Hall–Kier alpha value is -3.63. The molecule has 1 amide bonds. The molecule has 9 nitrogen and oxygen atoms in total. The molecule has 186 valence electrons. The molecule has 0 saturated heterocycles. The molecule has 0 atom stereocenters. The van der Waals surface area contributed by atoms with Gasteiger partial charge in [-0.25, -0.2) is 12.7 Å².